The molecule has 0 spiro atoms. The lowest BCUT2D eigenvalue weighted by Crippen LogP contribution is -2.31. The lowest BCUT2D eigenvalue weighted by molar-refractivity contribution is 0.0984. The number of carbonyl (C=O) groups is 1. The van der Waals surface area contributed by atoms with E-state index in [4.69, 9.17) is 0 Å². The monoisotopic (exact) mass is 244 g/mol. The predicted octanol–water partition coefficient (Wildman–Crippen LogP) is 2.70. The van der Waals surface area contributed by atoms with Gasteiger partial charge in [-0.3, -0.25) is 4.79 Å². The summed E-state index contributed by atoms with van der Waals surface area (Å²) in [6.45, 7) is 4.37. The Balaban J connectivity index is 2.39. The average Bonchev–Trinajstić information content (AvgIpc) is 2.88. The van der Waals surface area contributed by atoms with Gasteiger partial charge in [-0.1, -0.05) is 6.07 Å². The number of phenols is 1. The maximum Gasteiger partial charge on any atom is 0.274 e. The summed E-state index contributed by atoms with van der Waals surface area (Å²) in [5.74, 6) is 0.0598. The van der Waals surface area contributed by atoms with Crippen molar-refractivity contribution in [3.8, 4) is 5.75 Å². The number of aryl methyl sites for hydroxylation is 1. The van der Waals surface area contributed by atoms with Crippen molar-refractivity contribution in [2.45, 2.75) is 13.8 Å². The van der Waals surface area contributed by atoms with Crippen LogP contribution in [0.4, 0.5) is 5.69 Å². The molecule has 0 saturated carbocycles. The molecule has 2 rings (SSSR count). The molecule has 1 amide bonds. The molecule has 0 aliphatic rings. The van der Waals surface area contributed by atoms with Crippen molar-refractivity contribution in [2.75, 3.05) is 11.4 Å². The third-order valence-electron chi connectivity index (χ3n) is 2.87. The van der Waals surface area contributed by atoms with Gasteiger partial charge in [0.1, 0.15) is 11.4 Å². The molecule has 0 bridgehead atoms. The van der Waals surface area contributed by atoms with Gasteiger partial charge < -0.3 is 15.0 Å². The van der Waals surface area contributed by atoms with Gasteiger partial charge in [0.05, 0.1) is 5.69 Å². The number of nitrogens with zero attached hydrogens (tertiary/aromatic N) is 1. The quantitative estimate of drug-likeness (QED) is 0.872. The van der Waals surface area contributed by atoms with Gasteiger partial charge in [0.25, 0.3) is 5.91 Å². The molecule has 2 aromatic rings. The Kier molecular flexibility index (Phi) is 3.37. The highest BCUT2D eigenvalue weighted by Gasteiger charge is 2.18. The number of H-pyrrole nitrogens is 1. The summed E-state index contributed by atoms with van der Waals surface area (Å²) in [4.78, 5) is 16.9. The van der Waals surface area contributed by atoms with Crippen molar-refractivity contribution in [3.63, 3.8) is 0 Å². The van der Waals surface area contributed by atoms with Gasteiger partial charge in [-0.2, -0.15) is 0 Å². The number of nitrogens with one attached hydrogen (secondary N) is 1. The van der Waals surface area contributed by atoms with E-state index in [0.29, 0.717) is 12.2 Å². The van der Waals surface area contributed by atoms with Crippen LogP contribution in [0.25, 0.3) is 0 Å². The van der Waals surface area contributed by atoms with Crippen molar-refractivity contribution in [2.24, 2.45) is 0 Å². The van der Waals surface area contributed by atoms with Crippen molar-refractivity contribution < 1.29 is 9.90 Å². The van der Waals surface area contributed by atoms with Crippen LogP contribution in [0.5, 0.6) is 5.75 Å². The molecule has 94 valence electrons. The Labute approximate surface area is 106 Å². The topological polar surface area (TPSA) is 56.3 Å². The largest absolute Gasteiger partial charge is 0.508 e. The first kappa shape index (κ1) is 12.2. The summed E-state index contributed by atoms with van der Waals surface area (Å²) in [5.41, 5.74) is 2.23. The number of rotatable bonds is 3. The molecule has 0 unspecified atom stereocenters. The molecule has 0 atom stereocenters. The molecule has 0 aliphatic heterocycles. The molecule has 18 heavy (non-hydrogen) atoms. The zero-order chi connectivity index (χ0) is 13.1. The molecule has 0 radical (unpaired) electrons. The second-order valence-corrected chi connectivity index (χ2v) is 4.10. The van der Waals surface area contributed by atoms with E-state index < -0.39 is 0 Å². The minimum atomic E-state index is -0.101. The first-order valence-corrected chi connectivity index (χ1v) is 5.88. The fraction of sp³-hybridized carbons (Fsp3) is 0.214. The Bertz CT molecular complexity index is 547. The van der Waals surface area contributed by atoms with Crippen LogP contribution in [0.3, 0.4) is 0 Å². The predicted molar refractivity (Wildman–Crippen MR) is 71.0 cm³/mol. The summed E-state index contributed by atoms with van der Waals surface area (Å²) in [7, 11) is 0. The highest BCUT2D eigenvalue weighted by atomic mass is 16.3. The lowest BCUT2D eigenvalue weighted by Gasteiger charge is -2.22. The normalized spacial score (nSPS) is 10.3. The fourth-order valence-electron chi connectivity index (χ4n) is 1.92. The number of hydrogen-bond acceptors (Lipinski definition) is 2. The maximum absolute atomic E-state index is 12.3. The molecule has 2 N–H and O–H groups in total. The summed E-state index contributed by atoms with van der Waals surface area (Å²) in [6, 6.07) is 8.56. The van der Waals surface area contributed by atoms with Gasteiger partial charge in [-0.15, -0.1) is 0 Å². The Hall–Kier alpha value is -2.23. The van der Waals surface area contributed by atoms with Crippen LogP contribution < -0.4 is 4.90 Å². The number of anilines is 1. The molecule has 0 fully saturated rings. The number of benzene rings is 1. The van der Waals surface area contributed by atoms with E-state index in [1.54, 1.807) is 41.4 Å². The number of aromatic amines is 1. The second kappa shape index (κ2) is 4.96. The number of amides is 1. The number of carbonyl (C=O) groups excluding carboxylic acids is 1. The number of hydrogen-bond donors (Lipinski definition) is 2. The highest BCUT2D eigenvalue weighted by molar-refractivity contribution is 6.05. The third-order valence-corrected chi connectivity index (χ3v) is 2.87. The smallest absolute Gasteiger partial charge is 0.274 e. The van der Waals surface area contributed by atoms with E-state index >= 15 is 0 Å². The van der Waals surface area contributed by atoms with Crippen LogP contribution in [-0.2, 0) is 0 Å². The first-order valence-electron chi connectivity index (χ1n) is 5.88. The summed E-state index contributed by atoms with van der Waals surface area (Å²) in [5, 5.41) is 9.55. The number of phenolic OH excluding ortho intramolecular Hbond substituents is 1. The number of aromatic hydroxyl groups is 1. The zero-order valence-electron chi connectivity index (χ0n) is 10.5. The van der Waals surface area contributed by atoms with Crippen molar-refractivity contribution in [1.82, 2.24) is 4.98 Å². The van der Waals surface area contributed by atoms with Crippen LogP contribution in [0.1, 0.15) is 23.0 Å². The van der Waals surface area contributed by atoms with E-state index in [1.807, 2.05) is 13.8 Å². The van der Waals surface area contributed by atoms with Crippen LogP contribution in [0.15, 0.2) is 36.5 Å². The van der Waals surface area contributed by atoms with Crippen LogP contribution >= 0.6 is 0 Å². The molecular weight excluding hydrogens is 228 g/mol. The molecule has 4 heteroatoms. The molecular formula is C14H16N2O2. The molecule has 1 aromatic carbocycles. The molecule has 4 nitrogen and oxygen atoms in total. The summed E-state index contributed by atoms with van der Waals surface area (Å²) >= 11 is 0. The van der Waals surface area contributed by atoms with E-state index in [-0.39, 0.29) is 11.7 Å². The van der Waals surface area contributed by atoms with Gasteiger partial charge in [0.2, 0.25) is 0 Å². The van der Waals surface area contributed by atoms with Gasteiger partial charge in [0.15, 0.2) is 0 Å². The van der Waals surface area contributed by atoms with E-state index in [0.717, 1.165) is 11.3 Å². The highest BCUT2D eigenvalue weighted by Crippen LogP contribution is 2.25. The minimum absolute atomic E-state index is 0.101. The fourth-order valence-corrected chi connectivity index (χ4v) is 1.92. The molecule has 0 saturated heterocycles. The van der Waals surface area contributed by atoms with Crippen molar-refractivity contribution in [1.29, 1.82) is 0 Å². The molecule has 0 aliphatic carbocycles. The van der Waals surface area contributed by atoms with Gasteiger partial charge in [-0.25, -0.2) is 0 Å². The van der Waals surface area contributed by atoms with Gasteiger partial charge in [-0.05, 0) is 37.6 Å². The van der Waals surface area contributed by atoms with Crippen molar-refractivity contribution >= 4 is 11.6 Å². The first-order chi connectivity index (χ1) is 8.63. The van der Waals surface area contributed by atoms with Crippen LogP contribution in [-0.4, -0.2) is 22.5 Å². The summed E-state index contributed by atoms with van der Waals surface area (Å²) in [6.07, 6.45) is 1.72. The van der Waals surface area contributed by atoms with Gasteiger partial charge in [0, 0.05) is 18.8 Å². The van der Waals surface area contributed by atoms with Gasteiger partial charge >= 0.3 is 0 Å². The average molecular weight is 244 g/mol. The molecule has 1 aromatic heterocycles. The van der Waals surface area contributed by atoms with Crippen LogP contribution in [0, 0.1) is 6.92 Å². The Morgan fingerprint density at radius 1 is 1.39 bits per heavy atom. The third kappa shape index (κ3) is 2.22. The van der Waals surface area contributed by atoms with Crippen LogP contribution in [0.2, 0.25) is 0 Å². The standard InChI is InChI=1S/C14H16N2O2/c1-3-16(14(18)12-5-4-8-15-12)13-9-11(17)7-6-10(13)2/h4-9,15,17H,3H2,1-2H3. The summed E-state index contributed by atoms with van der Waals surface area (Å²) < 4.78 is 0. The zero-order valence-corrected chi connectivity index (χ0v) is 10.5. The minimum Gasteiger partial charge on any atom is -0.508 e. The lowest BCUT2D eigenvalue weighted by atomic mass is 10.1. The van der Waals surface area contributed by atoms with E-state index in [2.05, 4.69) is 4.98 Å². The SMILES string of the molecule is CCN(C(=O)c1ccc[nH]1)c1cc(O)ccc1C. The second-order valence-electron chi connectivity index (χ2n) is 4.10. The Morgan fingerprint density at radius 3 is 2.78 bits per heavy atom. The Morgan fingerprint density at radius 2 is 2.17 bits per heavy atom. The van der Waals surface area contributed by atoms with E-state index in [9.17, 15) is 9.90 Å². The molecule has 1 heterocycles. The maximum atomic E-state index is 12.3. The van der Waals surface area contributed by atoms with Crippen molar-refractivity contribution in [3.05, 3.63) is 47.8 Å². The van der Waals surface area contributed by atoms with E-state index in [1.165, 1.54) is 0 Å². The number of aromatic nitrogens is 1.